The summed E-state index contributed by atoms with van der Waals surface area (Å²) in [6.45, 7) is -1.13. The fourth-order valence-electron chi connectivity index (χ4n) is 4.35. The van der Waals surface area contributed by atoms with Gasteiger partial charge in [-0.05, 0) is 24.3 Å². The van der Waals surface area contributed by atoms with Crippen molar-refractivity contribution in [3.05, 3.63) is 75.3 Å². The molecule has 13 heteroatoms. The van der Waals surface area contributed by atoms with Crippen LogP contribution in [0.4, 0.5) is 5.69 Å². The lowest BCUT2D eigenvalue weighted by molar-refractivity contribution is -0.384. The Hall–Kier alpha value is -4.10. The number of carbonyl (C=O) groups is 5. The number of esters is 1. The number of benzene rings is 2. The Balaban J connectivity index is 1.21. The summed E-state index contributed by atoms with van der Waals surface area (Å²) in [5.41, 5.74) is -1.79. The fourth-order valence-corrected chi connectivity index (χ4v) is 5.78. The number of imide groups is 1. The van der Waals surface area contributed by atoms with E-state index < -0.39 is 64.6 Å². The number of nitro groups is 1. The number of hydrogen-bond donors (Lipinski definition) is 1. The van der Waals surface area contributed by atoms with Crippen LogP contribution >= 0.6 is 11.8 Å². The van der Waals surface area contributed by atoms with E-state index in [0.29, 0.717) is 0 Å². The van der Waals surface area contributed by atoms with Gasteiger partial charge in [-0.15, -0.1) is 11.8 Å². The van der Waals surface area contributed by atoms with Crippen molar-refractivity contribution in [2.24, 2.45) is 0 Å². The Morgan fingerprint density at radius 1 is 1.08 bits per heavy atom. The molecule has 2 aromatic rings. The number of amides is 3. The zero-order valence-corrected chi connectivity index (χ0v) is 19.2. The highest BCUT2D eigenvalue weighted by molar-refractivity contribution is 8.00. The molecule has 2 aromatic carbocycles. The van der Waals surface area contributed by atoms with Gasteiger partial charge in [-0.3, -0.25) is 34.2 Å². The van der Waals surface area contributed by atoms with Crippen molar-refractivity contribution in [2.45, 2.75) is 17.0 Å². The molecule has 12 nitrogen and oxygen atoms in total. The van der Waals surface area contributed by atoms with Crippen molar-refractivity contribution in [3.8, 4) is 0 Å². The molecule has 3 aliphatic heterocycles. The van der Waals surface area contributed by atoms with E-state index in [9.17, 15) is 39.2 Å². The van der Waals surface area contributed by atoms with Crippen LogP contribution in [0.1, 0.15) is 31.1 Å². The van der Waals surface area contributed by atoms with E-state index in [1.54, 1.807) is 12.1 Å². The van der Waals surface area contributed by atoms with Gasteiger partial charge in [-0.2, -0.15) is 0 Å². The van der Waals surface area contributed by atoms with Crippen LogP contribution in [0.25, 0.3) is 0 Å². The lowest BCUT2D eigenvalue weighted by Crippen LogP contribution is -2.75. The molecule has 0 aromatic heterocycles. The summed E-state index contributed by atoms with van der Waals surface area (Å²) in [7, 11) is 0. The third kappa shape index (κ3) is 3.63. The highest BCUT2D eigenvalue weighted by Crippen LogP contribution is 2.43. The van der Waals surface area contributed by atoms with Crippen LogP contribution in [0.5, 0.6) is 0 Å². The molecule has 3 amide bonds. The second-order valence-corrected chi connectivity index (χ2v) is 9.58. The maximum absolute atomic E-state index is 12.9. The summed E-state index contributed by atoms with van der Waals surface area (Å²) in [6, 6.07) is 9.94. The molecular weight excluding hydrogens is 494 g/mol. The normalized spacial score (nSPS) is 24.6. The number of carbonyl (C=O) groups excluding carboxylic acids is 5. The monoisotopic (exact) mass is 511 g/mol. The van der Waals surface area contributed by atoms with Crippen LogP contribution in [-0.2, 0) is 14.3 Å². The van der Waals surface area contributed by atoms with Gasteiger partial charge in [0.25, 0.3) is 17.5 Å². The molecule has 2 fully saturated rings. The summed E-state index contributed by atoms with van der Waals surface area (Å²) in [5.74, 6) is -3.66. The number of hydrogen-bond acceptors (Lipinski definition) is 10. The maximum atomic E-state index is 12.9. The van der Waals surface area contributed by atoms with Crippen LogP contribution < -0.4 is 0 Å². The standard InChI is InChI=1S/C23H17N3O9S/c27-16(12-5-7-13(8-6-12)26(33)34)9-35-22(31)23(32)10-24-20(30)17(21(24)36-11-23)25-18(28)14-3-1-2-4-15(14)19(25)29/h1-8,17,21,32H,9-11H2/t17?,21-,23?/m1/s1. The number of thioether (sulfide) groups is 1. The number of non-ortho nitro benzene ring substituents is 1. The summed E-state index contributed by atoms with van der Waals surface area (Å²) in [5, 5.41) is 20.9. The molecule has 5 rings (SSSR count). The van der Waals surface area contributed by atoms with E-state index in [4.69, 9.17) is 4.74 Å². The molecule has 1 N–H and O–H groups in total. The van der Waals surface area contributed by atoms with Crippen molar-refractivity contribution in [2.75, 3.05) is 18.9 Å². The Bertz CT molecular complexity index is 1310. The van der Waals surface area contributed by atoms with Crippen molar-refractivity contribution >= 4 is 46.9 Å². The molecule has 3 aliphatic rings. The highest BCUT2D eigenvalue weighted by atomic mass is 32.2. The Kier molecular flexibility index (Phi) is 5.60. The van der Waals surface area contributed by atoms with Crippen molar-refractivity contribution in [1.29, 1.82) is 0 Å². The fraction of sp³-hybridized carbons (Fsp3) is 0.261. The molecule has 2 saturated heterocycles. The number of nitro benzene ring substituents is 1. The summed E-state index contributed by atoms with van der Waals surface area (Å²) in [4.78, 5) is 75.5. The number of rotatable bonds is 6. The quantitative estimate of drug-likeness (QED) is 0.145. The Morgan fingerprint density at radius 3 is 2.28 bits per heavy atom. The SMILES string of the molecule is O=C(COC(=O)C1(O)CS[C@@H]2C(N3C(=O)c4ccccc4C3=O)C(=O)N2C1)c1ccc([N+](=O)[O-])cc1. The topological polar surface area (TPSA) is 164 Å². The first-order valence-electron chi connectivity index (χ1n) is 10.7. The van der Waals surface area contributed by atoms with Crippen molar-refractivity contribution in [3.63, 3.8) is 0 Å². The molecule has 36 heavy (non-hydrogen) atoms. The first-order chi connectivity index (χ1) is 17.1. The minimum atomic E-state index is -2.10. The zero-order chi connectivity index (χ0) is 25.8. The zero-order valence-electron chi connectivity index (χ0n) is 18.4. The van der Waals surface area contributed by atoms with E-state index in [1.165, 1.54) is 29.2 Å². The molecular formula is C23H17N3O9S. The predicted octanol–water partition coefficient (Wildman–Crippen LogP) is 0.632. The van der Waals surface area contributed by atoms with Crippen LogP contribution in [0.2, 0.25) is 0 Å². The number of fused-ring (bicyclic) bond motifs is 2. The Morgan fingerprint density at radius 2 is 1.69 bits per heavy atom. The number of nitrogens with zero attached hydrogens (tertiary/aromatic N) is 3. The smallest absolute Gasteiger partial charge is 0.341 e. The van der Waals surface area contributed by atoms with Crippen molar-refractivity contribution in [1.82, 2.24) is 9.80 Å². The first-order valence-corrected chi connectivity index (χ1v) is 11.7. The van der Waals surface area contributed by atoms with Crippen LogP contribution in [0.3, 0.4) is 0 Å². The predicted molar refractivity (Wildman–Crippen MR) is 122 cm³/mol. The molecule has 0 aliphatic carbocycles. The number of ketones is 1. The van der Waals surface area contributed by atoms with Crippen LogP contribution in [0.15, 0.2) is 48.5 Å². The van der Waals surface area contributed by atoms with E-state index in [1.807, 2.05) is 0 Å². The number of aliphatic hydroxyl groups is 1. The van der Waals surface area contributed by atoms with Crippen molar-refractivity contribution < 1.29 is 38.7 Å². The molecule has 2 unspecified atom stereocenters. The third-order valence-electron chi connectivity index (χ3n) is 6.26. The number of ether oxygens (including phenoxy) is 1. The van der Waals surface area contributed by atoms with Gasteiger partial charge in [0.1, 0.15) is 11.4 Å². The number of Topliss-reactive ketones (excluding diaryl/α,β-unsaturated/α-hetero) is 1. The second-order valence-electron chi connectivity index (χ2n) is 8.47. The van der Waals surface area contributed by atoms with E-state index in [2.05, 4.69) is 0 Å². The van der Waals surface area contributed by atoms with Gasteiger partial charge in [-0.1, -0.05) is 12.1 Å². The summed E-state index contributed by atoms with van der Waals surface area (Å²) < 4.78 is 4.98. The molecule has 3 heterocycles. The van der Waals surface area contributed by atoms with Gasteiger partial charge < -0.3 is 14.7 Å². The van der Waals surface area contributed by atoms with E-state index in [0.717, 1.165) is 28.8 Å². The average Bonchev–Trinajstić information content (AvgIpc) is 3.12. The minimum Gasteiger partial charge on any atom is -0.455 e. The minimum absolute atomic E-state index is 0.0835. The molecule has 184 valence electrons. The second kappa shape index (κ2) is 8.53. The lowest BCUT2D eigenvalue weighted by Gasteiger charge is -2.54. The largest absolute Gasteiger partial charge is 0.455 e. The number of β-lactam (4-membered cyclic amide) rings is 1. The molecule has 0 spiro atoms. The molecule has 0 saturated carbocycles. The first kappa shape index (κ1) is 23.6. The average molecular weight is 511 g/mol. The van der Waals surface area contributed by atoms with Gasteiger partial charge in [0.15, 0.2) is 18.0 Å². The van der Waals surface area contributed by atoms with Gasteiger partial charge in [0.05, 0.1) is 22.6 Å². The summed E-state index contributed by atoms with van der Waals surface area (Å²) in [6.07, 6.45) is 0. The summed E-state index contributed by atoms with van der Waals surface area (Å²) >= 11 is 1.02. The van der Waals surface area contributed by atoms with Gasteiger partial charge >= 0.3 is 5.97 Å². The highest BCUT2D eigenvalue weighted by Gasteiger charge is 2.61. The third-order valence-corrected chi connectivity index (χ3v) is 7.75. The van der Waals surface area contributed by atoms with Crippen LogP contribution in [-0.4, -0.2) is 85.2 Å². The van der Waals surface area contributed by atoms with Gasteiger partial charge in [0.2, 0.25) is 5.91 Å². The van der Waals surface area contributed by atoms with Gasteiger partial charge in [0, 0.05) is 23.4 Å². The van der Waals surface area contributed by atoms with Gasteiger partial charge in [-0.25, -0.2) is 4.79 Å². The molecule has 0 bridgehead atoms. The molecule has 3 atom stereocenters. The van der Waals surface area contributed by atoms with Crippen LogP contribution in [0, 0.1) is 10.1 Å². The van der Waals surface area contributed by atoms with E-state index >= 15 is 0 Å². The van der Waals surface area contributed by atoms with E-state index in [-0.39, 0.29) is 28.1 Å². The lowest BCUT2D eigenvalue weighted by atomic mass is 9.98. The Labute approximate surface area is 206 Å². The molecule has 0 radical (unpaired) electrons. The maximum Gasteiger partial charge on any atom is 0.341 e.